The molecule has 0 saturated heterocycles. The highest BCUT2D eigenvalue weighted by molar-refractivity contribution is 6.06. The van der Waals surface area contributed by atoms with Gasteiger partial charge in [-0.05, 0) is 30.3 Å². The molecule has 26 heavy (non-hydrogen) atoms. The van der Waals surface area contributed by atoms with Crippen LogP contribution in [0.3, 0.4) is 0 Å². The fourth-order valence-corrected chi connectivity index (χ4v) is 3.67. The van der Waals surface area contributed by atoms with Crippen molar-refractivity contribution in [3.8, 4) is 34.1 Å². The summed E-state index contributed by atoms with van der Waals surface area (Å²) in [4.78, 5) is 13.2. The smallest absolute Gasteiger partial charge is 0.246 e. The van der Waals surface area contributed by atoms with Crippen molar-refractivity contribution in [2.45, 2.75) is 0 Å². The van der Waals surface area contributed by atoms with Gasteiger partial charge in [-0.15, -0.1) is 0 Å². The molecule has 4 heteroatoms. The monoisotopic (exact) mass is 335 g/mol. The molecule has 3 heterocycles. The maximum absolute atomic E-state index is 6.21. The van der Waals surface area contributed by atoms with E-state index in [2.05, 4.69) is 23.2 Å². The van der Waals surface area contributed by atoms with Crippen LogP contribution in [0.4, 0.5) is 0 Å². The molecule has 0 fully saturated rings. The summed E-state index contributed by atoms with van der Waals surface area (Å²) >= 11 is 0. The van der Waals surface area contributed by atoms with Crippen molar-refractivity contribution in [2.75, 3.05) is 0 Å². The Morgan fingerprint density at radius 1 is 0.731 bits per heavy atom. The summed E-state index contributed by atoms with van der Waals surface area (Å²) in [5, 5.41) is 1.12. The van der Waals surface area contributed by atoms with Crippen molar-refractivity contribution in [2.24, 2.45) is 0 Å². The van der Waals surface area contributed by atoms with Gasteiger partial charge in [-0.1, -0.05) is 42.5 Å². The number of aromatic nitrogens is 3. The molecular formula is C22H13N3O. The average Bonchev–Trinajstić information content (AvgIpc) is 3.01. The first-order chi connectivity index (χ1) is 12.9. The Kier molecular flexibility index (Phi) is 2.58. The van der Waals surface area contributed by atoms with Gasteiger partial charge in [0.15, 0.2) is 0 Å². The highest BCUT2D eigenvalue weighted by Crippen LogP contribution is 2.47. The molecule has 0 amide bonds. The minimum Gasteiger partial charge on any atom is -0.436 e. The summed E-state index contributed by atoms with van der Waals surface area (Å²) in [6.07, 6.45) is 0. The summed E-state index contributed by atoms with van der Waals surface area (Å²) < 4.78 is 6.21. The largest absolute Gasteiger partial charge is 0.436 e. The normalized spacial score (nSPS) is 12.2. The van der Waals surface area contributed by atoms with E-state index >= 15 is 0 Å². The van der Waals surface area contributed by atoms with E-state index in [0.29, 0.717) is 5.88 Å². The van der Waals surface area contributed by atoms with Gasteiger partial charge in [0, 0.05) is 22.0 Å². The van der Waals surface area contributed by atoms with Gasteiger partial charge in [-0.25, -0.2) is 9.97 Å². The molecule has 1 N–H and O–H groups in total. The number of hydrogen-bond donors (Lipinski definition) is 1. The SMILES string of the molecule is c1ccc2c(c1)Oc1nc3ccccc3nc1-c1c-2[nH]c2ccccc12. The van der Waals surface area contributed by atoms with Gasteiger partial charge in [0.25, 0.3) is 0 Å². The van der Waals surface area contributed by atoms with Crippen LogP contribution in [0.25, 0.3) is 44.5 Å². The van der Waals surface area contributed by atoms with E-state index in [4.69, 9.17) is 14.7 Å². The summed E-state index contributed by atoms with van der Waals surface area (Å²) in [7, 11) is 0. The van der Waals surface area contributed by atoms with Crippen molar-refractivity contribution < 1.29 is 4.74 Å². The van der Waals surface area contributed by atoms with Gasteiger partial charge in [0.2, 0.25) is 5.88 Å². The molecule has 0 bridgehead atoms. The molecule has 5 aromatic rings. The van der Waals surface area contributed by atoms with Gasteiger partial charge < -0.3 is 9.72 Å². The van der Waals surface area contributed by atoms with Crippen molar-refractivity contribution in [1.29, 1.82) is 0 Å². The van der Waals surface area contributed by atoms with E-state index in [0.717, 1.165) is 50.2 Å². The molecule has 0 atom stereocenters. The number of para-hydroxylation sites is 4. The van der Waals surface area contributed by atoms with Gasteiger partial charge in [0.05, 0.1) is 16.7 Å². The quantitative estimate of drug-likeness (QED) is 0.396. The van der Waals surface area contributed by atoms with Crippen LogP contribution in [-0.2, 0) is 0 Å². The fraction of sp³-hybridized carbons (Fsp3) is 0. The van der Waals surface area contributed by atoms with E-state index in [9.17, 15) is 0 Å². The molecule has 2 aromatic heterocycles. The second-order valence-electron chi connectivity index (χ2n) is 6.38. The number of hydrogen-bond acceptors (Lipinski definition) is 3. The number of H-pyrrole nitrogens is 1. The Balaban J connectivity index is 1.82. The lowest BCUT2D eigenvalue weighted by Crippen LogP contribution is -1.94. The number of rotatable bonds is 0. The minimum atomic E-state index is 0.541. The van der Waals surface area contributed by atoms with Crippen LogP contribution < -0.4 is 4.74 Å². The molecule has 4 nitrogen and oxygen atoms in total. The summed E-state index contributed by atoms with van der Waals surface area (Å²) in [6.45, 7) is 0. The van der Waals surface area contributed by atoms with Crippen molar-refractivity contribution in [1.82, 2.24) is 15.0 Å². The van der Waals surface area contributed by atoms with E-state index in [-0.39, 0.29) is 0 Å². The Hall–Kier alpha value is -3.66. The van der Waals surface area contributed by atoms with E-state index in [1.807, 2.05) is 54.6 Å². The first-order valence-electron chi connectivity index (χ1n) is 8.53. The Morgan fingerprint density at radius 2 is 1.46 bits per heavy atom. The van der Waals surface area contributed by atoms with Gasteiger partial charge in [-0.3, -0.25) is 0 Å². The van der Waals surface area contributed by atoms with E-state index < -0.39 is 0 Å². The van der Waals surface area contributed by atoms with Crippen molar-refractivity contribution in [3.63, 3.8) is 0 Å². The number of ether oxygens (including phenoxy) is 1. The third-order valence-corrected chi connectivity index (χ3v) is 4.84. The lowest BCUT2D eigenvalue weighted by atomic mass is 10.0. The lowest BCUT2D eigenvalue weighted by Gasteiger charge is -2.09. The highest BCUT2D eigenvalue weighted by Gasteiger charge is 2.26. The highest BCUT2D eigenvalue weighted by atomic mass is 16.5. The standard InChI is InChI=1S/C22H13N3O/c1-3-9-15-13(7-1)19-20(23-15)14-8-2-6-12-18(14)26-22-21(19)24-16-10-4-5-11-17(16)25-22/h1-12,23H. The second kappa shape index (κ2) is 4.92. The van der Waals surface area contributed by atoms with Crippen LogP contribution in [-0.4, -0.2) is 15.0 Å². The molecule has 0 unspecified atom stereocenters. The maximum Gasteiger partial charge on any atom is 0.246 e. The van der Waals surface area contributed by atoms with E-state index in [1.165, 1.54) is 0 Å². The number of benzene rings is 3. The van der Waals surface area contributed by atoms with Crippen LogP contribution in [0.15, 0.2) is 72.8 Å². The zero-order valence-corrected chi connectivity index (χ0v) is 13.7. The third kappa shape index (κ3) is 1.78. The lowest BCUT2D eigenvalue weighted by molar-refractivity contribution is 0.468. The maximum atomic E-state index is 6.21. The number of fused-ring (bicyclic) bond motifs is 8. The van der Waals surface area contributed by atoms with Gasteiger partial charge >= 0.3 is 0 Å². The Bertz CT molecular complexity index is 1320. The number of aromatic amines is 1. The summed E-state index contributed by atoms with van der Waals surface area (Å²) in [6, 6.07) is 24.2. The predicted molar refractivity (Wildman–Crippen MR) is 102 cm³/mol. The number of nitrogens with one attached hydrogen (secondary N) is 1. The summed E-state index contributed by atoms with van der Waals surface area (Å²) in [5.74, 6) is 1.32. The van der Waals surface area contributed by atoms with Crippen molar-refractivity contribution in [3.05, 3.63) is 72.8 Å². The first-order valence-corrected chi connectivity index (χ1v) is 8.53. The van der Waals surface area contributed by atoms with E-state index in [1.54, 1.807) is 0 Å². The second-order valence-corrected chi connectivity index (χ2v) is 6.38. The zero-order valence-electron chi connectivity index (χ0n) is 13.7. The fourth-order valence-electron chi connectivity index (χ4n) is 3.67. The molecule has 1 aliphatic heterocycles. The Morgan fingerprint density at radius 3 is 2.38 bits per heavy atom. The minimum absolute atomic E-state index is 0.541. The van der Waals surface area contributed by atoms with Crippen molar-refractivity contribution >= 4 is 21.9 Å². The molecular weight excluding hydrogens is 322 g/mol. The van der Waals surface area contributed by atoms with Crippen LogP contribution >= 0.6 is 0 Å². The molecule has 0 aliphatic carbocycles. The third-order valence-electron chi connectivity index (χ3n) is 4.84. The predicted octanol–water partition coefficient (Wildman–Crippen LogP) is 5.55. The molecule has 0 saturated carbocycles. The van der Waals surface area contributed by atoms with Gasteiger partial charge in [-0.2, -0.15) is 0 Å². The Labute approximate surface area is 149 Å². The summed E-state index contributed by atoms with van der Waals surface area (Å²) in [5.41, 5.74) is 6.61. The van der Waals surface area contributed by atoms with Crippen LogP contribution in [0.2, 0.25) is 0 Å². The molecule has 1 aliphatic rings. The van der Waals surface area contributed by atoms with Crippen LogP contribution in [0, 0.1) is 0 Å². The topological polar surface area (TPSA) is 50.8 Å². The average molecular weight is 335 g/mol. The molecule has 3 aromatic carbocycles. The molecule has 6 rings (SSSR count). The van der Waals surface area contributed by atoms with Gasteiger partial charge in [0.1, 0.15) is 11.4 Å². The van der Waals surface area contributed by atoms with Crippen LogP contribution in [0.1, 0.15) is 0 Å². The molecule has 122 valence electrons. The number of nitrogens with zero attached hydrogens (tertiary/aromatic N) is 2. The molecule has 0 radical (unpaired) electrons. The van der Waals surface area contributed by atoms with Crippen LogP contribution in [0.5, 0.6) is 11.6 Å². The molecule has 0 spiro atoms. The zero-order chi connectivity index (χ0) is 17.1. The first kappa shape index (κ1) is 13.6.